The van der Waals surface area contributed by atoms with Crippen LogP contribution in [0.2, 0.25) is 0 Å². The molecule has 0 spiro atoms. The van der Waals surface area contributed by atoms with Crippen LogP contribution in [0.1, 0.15) is 48.1 Å². The highest BCUT2D eigenvalue weighted by Gasteiger charge is 2.41. The Balaban J connectivity index is 1.35. The van der Waals surface area contributed by atoms with Crippen LogP contribution in [-0.2, 0) is 16.6 Å². The summed E-state index contributed by atoms with van der Waals surface area (Å²) in [5.74, 6) is 0.994. The van der Waals surface area contributed by atoms with Crippen molar-refractivity contribution in [3.63, 3.8) is 0 Å². The maximum absolute atomic E-state index is 13.2. The third kappa shape index (κ3) is 5.41. The number of nitrogens with two attached hydrogens (primary N) is 1. The fourth-order valence-electron chi connectivity index (χ4n) is 4.42. The van der Waals surface area contributed by atoms with Crippen LogP contribution in [0.3, 0.4) is 0 Å². The summed E-state index contributed by atoms with van der Waals surface area (Å²) in [5.41, 5.74) is 8.23. The first-order valence-corrected chi connectivity index (χ1v) is 11.2. The van der Waals surface area contributed by atoms with Crippen LogP contribution in [0.15, 0.2) is 59.1 Å². The highest BCUT2D eigenvalue weighted by Crippen LogP contribution is 2.35. The van der Waals surface area contributed by atoms with Gasteiger partial charge in [0.05, 0.1) is 12.0 Å². The monoisotopic (exact) mass is 438 g/mol. The van der Waals surface area contributed by atoms with Gasteiger partial charge in [0.25, 0.3) is 0 Å². The van der Waals surface area contributed by atoms with Crippen LogP contribution in [0.5, 0.6) is 0 Å². The van der Waals surface area contributed by atoms with E-state index in [0.29, 0.717) is 24.7 Å². The Morgan fingerprint density at radius 3 is 2.53 bits per heavy atom. The zero-order valence-corrected chi connectivity index (χ0v) is 18.5. The van der Waals surface area contributed by atoms with Gasteiger partial charge in [0.1, 0.15) is 5.82 Å². The average molecular weight is 439 g/mol. The quantitative estimate of drug-likeness (QED) is 0.547. The Morgan fingerprint density at radius 1 is 1.12 bits per heavy atom. The number of ether oxygens (including phenoxy) is 1. The molecule has 2 heterocycles. The standard InChI is InChI=1S/C25H31FN4O2/c1-31-18-25(24-28-23(29-32-24)17-19-7-9-21(26)10-8-19)12-15-30(16-13-25)14-11-22(27)20-5-3-2-4-6-20/h2-10,22H,11-18,27H2,1H3. The van der Waals surface area contributed by atoms with Crippen molar-refractivity contribution in [2.45, 2.75) is 37.1 Å². The number of hydrogen-bond acceptors (Lipinski definition) is 6. The van der Waals surface area contributed by atoms with Gasteiger partial charge in [-0.05, 0) is 62.2 Å². The van der Waals surface area contributed by atoms with Gasteiger partial charge in [-0.25, -0.2) is 4.39 Å². The van der Waals surface area contributed by atoms with Gasteiger partial charge < -0.3 is 19.9 Å². The van der Waals surface area contributed by atoms with Crippen molar-refractivity contribution in [1.29, 1.82) is 0 Å². The van der Waals surface area contributed by atoms with Crippen molar-refractivity contribution in [2.75, 3.05) is 33.4 Å². The van der Waals surface area contributed by atoms with E-state index < -0.39 is 0 Å². The fourth-order valence-corrected chi connectivity index (χ4v) is 4.42. The number of likely N-dealkylation sites (tertiary alicyclic amines) is 1. The van der Waals surface area contributed by atoms with E-state index in [2.05, 4.69) is 22.2 Å². The zero-order chi connectivity index (χ0) is 22.4. The van der Waals surface area contributed by atoms with E-state index in [1.165, 1.54) is 17.7 Å². The molecule has 0 saturated carbocycles. The number of benzene rings is 2. The minimum atomic E-state index is -0.277. The Labute approximate surface area is 188 Å². The van der Waals surface area contributed by atoms with E-state index >= 15 is 0 Å². The molecule has 0 aliphatic carbocycles. The molecule has 2 N–H and O–H groups in total. The molecule has 7 heteroatoms. The van der Waals surface area contributed by atoms with E-state index in [1.54, 1.807) is 19.2 Å². The molecule has 2 aromatic carbocycles. The van der Waals surface area contributed by atoms with E-state index in [1.807, 2.05) is 18.2 Å². The number of piperidine rings is 1. The van der Waals surface area contributed by atoms with Crippen molar-refractivity contribution in [1.82, 2.24) is 15.0 Å². The maximum Gasteiger partial charge on any atom is 0.235 e. The smallest absolute Gasteiger partial charge is 0.235 e. The lowest BCUT2D eigenvalue weighted by molar-refractivity contribution is 0.0521. The average Bonchev–Trinajstić information content (AvgIpc) is 3.30. The van der Waals surface area contributed by atoms with Gasteiger partial charge in [-0.2, -0.15) is 4.98 Å². The van der Waals surface area contributed by atoms with Crippen LogP contribution in [-0.4, -0.2) is 48.4 Å². The molecule has 1 atom stereocenters. The van der Waals surface area contributed by atoms with Crippen molar-refractivity contribution < 1.29 is 13.7 Å². The molecule has 1 aliphatic rings. The molecule has 1 aromatic heterocycles. The number of halogens is 1. The van der Waals surface area contributed by atoms with Crippen molar-refractivity contribution in [3.05, 3.63) is 83.3 Å². The molecular weight excluding hydrogens is 407 g/mol. The SMILES string of the molecule is COCC1(c2nc(Cc3ccc(F)cc3)no2)CCN(CCC(N)c2ccccc2)CC1. The summed E-state index contributed by atoms with van der Waals surface area (Å²) in [4.78, 5) is 7.14. The lowest BCUT2D eigenvalue weighted by atomic mass is 9.78. The zero-order valence-electron chi connectivity index (χ0n) is 18.5. The first kappa shape index (κ1) is 22.6. The molecule has 0 radical (unpaired) electrons. The number of rotatable bonds is 9. The Bertz CT molecular complexity index is 969. The third-order valence-electron chi connectivity index (χ3n) is 6.42. The summed E-state index contributed by atoms with van der Waals surface area (Å²) < 4.78 is 24.4. The molecule has 1 aliphatic heterocycles. The molecule has 6 nitrogen and oxygen atoms in total. The molecular formula is C25H31FN4O2. The van der Waals surface area contributed by atoms with Gasteiger partial charge in [0, 0.05) is 19.6 Å². The van der Waals surface area contributed by atoms with Gasteiger partial charge in [-0.1, -0.05) is 47.6 Å². The normalized spacial score (nSPS) is 17.3. The second kappa shape index (κ2) is 10.3. The van der Waals surface area contributed by atoms with Gasteiger partial charge >= 0.3 is 0 Å². The lowest BCUT2D eigenvalue weighted by Crippen LogP contribution is -2.46. The molecule has 1 fully saturated rings. The second-order valence-corrected chi connectivity index (χ2v) is 8.68. The van der Waals surface area contributed by atoms with Crippen LogP contribution in [0.4, 0.5) is 4.39 Å². The fraction of sp³-hybridized carbons (Fsp3) is 0.440. The number of nitrogens with zero attached hydrogens (tertiary/aromatic N) is 3. The van der Waals surface area contributed by atoms with E-state index in [4.69, 9.17) is 20.0 Å². The molecule has 32 heavy (non-hydrogen) atoms. The molecule has 1 unspecified atom stereocenters. The minimum Gasteiger partial charge on any atom is -0.384 e. The van der Waals surface area contributed by atoms with Crippen LogP contribution >= 0.6 is 0 Å². The van der Waals surface area contributed by atoms with Crippen molar-refractivity contribution >= 4 is 0 Å². The highest BCUT2D eigenvalue weighted by atomic mass is 19.1. The molecule has 0 amide bonds. The predicted octanol–water partition coefficient (Wildman–Crippen LogP) is 3.87. The van der Waals surface area contributed by atoms with Gasteiger partial charge in [0.2, 0.25) is 5.89 Å². The third-order valence-corrected chi connectivity index (χ3v) is 6.42. The highest BCUT2D eigenvalue weighted by molar-refractivity contribution is 5.20. The van der Waals surface area contributed by atoms with Gasteiger partial charge in [-0.3, -0.25) is 0 Å². The molecule has 1 saturated heterocycles. The number of aromatic nitrogens is 2. The van der Waals surface area contributed by atoms with Gasteiger partial charge in [0.15, 0.2) is 5.82 Å². The minimum absolute atomic E-state index is 0.0480. The number of methoxy groups -OCH3 is 1. The molecule has 4 rings (SSSR count). The van der Waals surface area contributed by atoms with E-state index in [9.17, 15) is 4.39 Å². The lowest BCUT2D eigenvalue weighted by Gasteiger charge is -2.39. The summed E-state index contributed by atoms with van der Waals surface area (Å²) in [6, 6.07) is 16.7. The topological polar surface area (TPSA) is 77.4 Å². The summed E-state index contributed by atoms with van der Waals surface area (Å²) in [5, 5.41) is 4.18. The second-order valence-electron chi connectivity index (χ2n) is 8.68. The van der Waals surface area contributed by atoms with Crippen molar-refractivity contribution in [2.24, 2.45) is 5.73 Å². The Hall–Kier alpha value is -2.61. The van der Waals surface area contributed by atoms with Crippen LogP contribution in [0.25, 0.3) is 0 Å². The Kier molecular flexibility index (Phi) is 7.29. The van der Waals surface area contributed by atoms with E-state index in [-0.39, 0.29) is 17.3 Å². The van der Waals surface area contributed by atoms with Gasteiger partial charge in [-0.15, -0.1) is 0 Å². The van der Waals surface area contributed by atoms with Crippen LogP contribution in [0, 0.1) is 5.82 Å². The van der Waals surface area contributed by atoms with E-state index in [0.717, 1.165) is 44.5 Å². The molecule has 170 valence electrons. The summed E-state index contributed by atoms with van der Waals surface area (Å²) in [6.07, 6.45) is 3.21. The maximum atomic E-state index is 13.2. The largest absolute Gasteiger partial charge is 0.384 e. The molecule has 0 bridgehead atoms. The summed E-state index contributed by atoms with van der Waals surface area (Å²) in [6.45, 7) is 3.36. The summed E-state index contributed by atoms with van der Waals surface area (Å²) in [7, 11) is 1.71. The Morgan fingerprint density at radius 2 is 1.84 bits per heavy atom. The first-order chi connectivity index (χ1) is 15.6. The number of hydrogen-bond donors (Lipinski definition) is 1. The van der Waals surface area contributed by atoms with Crippen molar-refractivity contribution in [3.8, 4) is 0 Å². The summed E-state index contributed by atoms with van der Waals surface area (Å²) >= 11 is 0. The molecule has 3 aromatic rings. The predicted molar refractivity (Wildman–Crippen MR) is 121 cm³/mol. The van der Waals surface area contributed by atoms with Crippen LogP contribution < -0.4 is 5.73 Å². The first-order valence-electron chi connectivity index (χ1n) is 11.2.